The highest BCUT2D eigenvalue weighted by Gasteiger charge is 2.08. The lowest BCUT2D eigenvalue weighted by Crippen LogP contribution is -2.20. The predicted octanol–water partition coefficient (Wildman–Crippen LogP) is 2.25. The van der Waals surface area contributed by atoms with Gasteiger partial charge in [-0.05, 0) is 19.5 Å². The number of nitrogens with one attached hydrogen (secondary N) is 1. The number of thiazole rings is 1. The zero-order chi connectivity index (χ0) is 15.2. The van der Waals surface area contributed by atoms with Gasteiger partial charge >= 0.3 is 0 Å². The van der Waals surface area contributed by atoms with Gasteiger partial charge in [-0.2, -0.15) is 0 Å². The van der Waals surface area contributed by atoms with Crippen molar-refractivity contribution in [3.8, 4) is 0 Å². The van der Waals surface area contributed by atoms with Crippen LogP contribution in [0.4, 0.5) is 0 Å². The summed E-state index contributed by atoms with van der Waals surface area (Å²) in [5.74, 6) is 1.75. The van der Waals surface area contributed by atoms with Gasteiger partial charge < -0.3 is 9.88 Å². The first-order valence-electron chi connectivity index (χ1n) is 7.33. The van der Waals surface area contributed by atoms with Gasteiger partial charge in [-0.3, -0.25) is 4.90 Å². The molecule has 2 heterocycles. The van der Waals surface area contributed by atoms with Gasteiger partial charge in [0.15, 0.2) is 0 Å². The molecule has 21 heavy (non-hydrogen) atoms. The molecule has 6 heteroatoms. The van der Waals surface area contributed by atoms with Crippen LogP contribution in [0.5, 0.6) is 0 Å². The molecule has 0 atom stereocenters. The van der Waals surface area contributed by atoms with E-state index in [1.54, 1.807) is 11.3 Å². The summed E-state index contributed by atoms with van der Waals surface area (Å²) < 4.78 is 2.05. The maximum Gasteiger partial charge on any atom is 0.122 e. The first kappa shape index (κ1) is 16.1. The van der Waals surface area contributed by atoms with Gasteiger partial charge in [0, 0.05) is 37.9 Å². The van der Waals surface area contributed by atoms with E-state index in [4.69, 9.17) is 0 Å². The minimum atomic E-state index is 0.674. The monoisotopic (exact) mass is 307 g/mol. The number of aromatic nitrogens is 3. The van der Waals surface area contributed by atoms with Crippen molar-refractivity contribution in [2.24, 2.45) is 13.0 Å². The maximum absolute atomic E-state index is 4.69. The smallest absolute Gasteiger partial charge is 0.122 e. The van der Waals surface area contributed by atoms with Gasteiger partial charge in [0.1, 0.15) is 10.8 Å². The van der Waals surface area contributed by atoms with Crippen molar-refractivity contribution in [1.82, 2.24) is 24.8 Å². The van der Waals surface area contributed by atoms with Crippen molar-refractivity contribution in [3.63, 3.8) is 0 Å². The number of hydrogen-bond donors (Lipinski definition) is 1. The summed E-state index contributed by atoms with van der Waals surface area (Å²) in [5, 5.41) is 6.75. The van der Waals surface area contributed by atoms with Crippen molar-refractivity contribution >= 4 is 11.3 Å². The van der Waals surface area contributed by atoms with Crippen molar-refractivity contribution in [2.75, 3.05) is 13.6 Å². The fraction of sp³-hybridized carbons (Fsp3) is 0.600. The maximum atomic E-state index is 4.69. The third-order valence-electron chi connectivity index (χ3n) is 3.19. The van der Waals surface area contributed by atoms with Gasteiger partial charge in [0.2, 0.25) is 0 Å². The molecule has 2 aromatic rings. The first-order valence-corrected chi connectivity index (χ1v) is 8.21. The Kier molecular flexibility index (Phi) is 5.90. The molecule has 0 spiro atoms. The molecule has 2 rings (SSSR count). The number of aryl methyl sites for hydroxylation is 1. The molecule has 5 nitrogen and oxygen atoms in total. The molecule has 0 radical (unpaired) electrons. The van der Waals surface area contributed by atoms with Crippen LogP contribution in [-0.4, -0.2) is 33.0 Å². The molecular weight excluding hydrogens is 282 g/mol. The third-order valence-corrected chi connectivity index (χ3v) is 4.09. The Hall–Kier alpha value is -1.24. The molecule has 0 saturated heterocycles. The molecule has 0 aliphatic carbocycles. The minimum Gasteiger partial charge on any atom is -0.337 e. The molecule has 0 aromatic carbocycles. The van der Waals surface area contributed by atoms with Crippen LogP contribution in [0.25, 0.3) is 0 Å². The normalized spacial score (nSPS) is 11.7. The van der Waals surface area contributed by atoms with Crippen LogP contribution < -0.4 is 5.32 Å². The Morgan fingerprint density at radius 2 is 2.19 bits per heavy atom. The molecular formula is C15H25N5S. The zero-order valence-corrected chi connectivity index (χ0v) is 14.2. The summed E-state index contributed by atoms with van der Waals surface area (Å²) in [6.07, 6.45) is 3.81. The lowest BCUT2D eigenvalue weighted by atomic mass is 10.2. The zero-order valence-electron chi connectivity index (χ0n) is 13.3. The highest BCUT2D eigenvalue weighted by Crippen LogP contribution is 2.12. The molecule has 0 fully saturated rings. The van der Waals surface area contributed by atoms with Gasteiger partial charge in [0.25, 0.3) is 0 Å². The van der Waals surface area contributed by atoms with E-state index in [1.807, 2.05) is 19.4 Å². The van der Waals surface area contributed by atoms with E-state index in [1.165, 1.54) is 0 Å². The quantitative estimate of drug-likeness (QED) is 0.812. The SMILES string of the molecule is CC(C)CNCc1nc(CN(C)Cc2nccn2C)cs1. The first-order chi connectivity index (χ1) is 10.0. The van der Waals surface area contributed by atoms with Crippen LogP contribution >= 0.6 is 11.3 Å². The fourth-order valence-corrected chi connectivity index (χ4v) is 2.85. The molecule has 2 aromatic heterocycles. The van der Waals surface area contributed by atoms with E-state index in [-0.39, 0.29) is 0 Å². The Labute approximate surface area is 131 Å². The van der Waals surface area contributed by atoms with Crippen molar-refractivity contribution < 1.29 is 0 Å². The van der Waals surface area contributed by atoms with E-state index in [0.717, 1.165) is 42.7 Å². The van der Waals surface area contributed by atoms with Gasteiger partial charge in [0.05, 0.1) is 12.2 Å². The topological polar surface area (TPSA) is 46.0 Å². The highest BCUT2D eigenvalue weighted by molar-refractivity contribution is 7.09. The van der Waals surface area contributed by atoms with Crippen LogP contribution in [-0.2, 0) is 26.7 Å². The predicted molar refractivity (Wildman–Crippen MR) is 87.0 cm³/mol. The standard InChI is InChI=1S/C15H25N5S/c1-12(2)7-16-8-15-18-13(11-21-15)9-19(3)10-14-17-5-6-20(14)4/h5-6,11-12,16H,7-10H2,1-4H3. The van der Waals surface area contributed by atoms with Crippen LogP contribution in [0.1, 0.15) is 30.4 Å². The Morgan fingerprint density at radius 1 is 1.38 bits per heavy atom. The summed E-state index contributed by atoms with van der Waals surface area (Å²) in [6.45, 7) is 8.02. The molecule has 0 unspecified atom stereocenters. The molecule has 0 amide bonds. The number of imidazole rings is 1. The molecule has 0 saturated carbocycles. The van der Waals surface area contributed by atoms with Crippen molar-refractivity contribution in [1.29, 1.82) is 0 Å². The summed E-state index contributed by atoms with van der Waals surface area (Å²) in [7, 11) is 4.13. The Balaban J connectivity index is 1.80. The largest absolute Gasteiger partial charge is 0.337 e. The second kappa shape index (κ2) is 7.68. The van der Waals surface area contributed by atoms with Gasteiger partial charge in [-0.1, -0.05) is 13.8 Å². The van der Waals surface area contributed by atoms with Gasteiger partial charge in [-0.15, -0.1) is 11.3 Å². The minimum absolute atomic E-state index is 0.674. The van der Waals surface area contributed by atoms with E-state index in [0.29, 0.717) is 5.92 Å². The number of hydrogen-bond acceptors (Lipinski definition) is 5. The Morgan fingerprint density at radius 3 is 2.86 bits per heavy atom. The van der Waals surface area contributed by atoms with E-state index in [2.05, 4.69) is 51.0 Å². The molecule has 0 aliphatic rings. The fourth-order valence-electron chi connectivity index (χ4n) is 2.09. The van der Waals surface area contributed by atoms with E-state index < -0.39 is 0 Å². The van der Waals surface area contributed by atoms with Crippen LogP contribution in [0.2, 0.25) is 0 Å². The third kappa shape index (κ3) is 5.22. The second-order valence-electron chi connectivity index (χ2n) is 5.88. The lowest BCUT2D eigenvalue weighted by molar-refractivity contribution is 0.304. The summed E-state index contributed by atoms with van der Waals surface area (Å²) in [5.41, 5.74) is 1.14. The van der Waals surface area contributed by atoms with Crippen molar-refractivity contribution in [2.45, 2.75) is 33.5 Å². The van der Waals surface area contributed by atoms with Crippen LogP contribution in [0.15, 0.2) is 17.8 Å². The van der Waals surface area contributed by atoms with Crippen LogP contribution in [0, 0.1) is 5.92 Å². The summed E-state index contributed by atoms with van der Waals surface area (Å²) >= 11 is 1.73. The lowest BCUT2D eigenvalue weighted by Gasteiger charge is -2.14. The molecule has 116 valence electrons. The second-order valence-corrected chi connectivity index (χ2v) is 6.83. The Bertz CT molecular complexity index is 546. The number of nitrogens with zero attached hydrogens (tertiary/aromatic N) is 4. The molecule has 1 N–H and O–H groups in total. The average molecular weight is 307 g/mol. The number of rotatable bonds is 8. The van der Waals surface area contributed by atoms with Crippen LogP contribution in [0.3, 0.4) is 0 Å². The van der Waals surface area contributed by atoms with Gasteiger partial charge in [-0.25, -0.2) is 9.97 Å². The molecule has 0 aliphatic heterocycles. The van der Waals surface area contributed by atoms with Crippen molar-refractivity contribution in [3.05, 3.63) is 34.3 Å². The molecule has 0 bridgehead atoms. The average Bonchev–Trinajstić information content (AvgIpc) is 3.00. The highest BCUT2D eigenvalue weighted by atomic mass is 32.1. The van der Waals surface area contributed by atoms with E-state index >= 15 is 0 Å². The summed E-state index contributed by atoms with van der Waals surface area (Å²) in [4.78, 5) is 11.3. The summed E-state index contributed by atoms with van der Waals surface area (Å²) in [6, 6.07) is 0. The van der Waals surface area contributed by atoms with E-state index in [9.17, 15) is 0 Å².